The van der Waals surface area contributed by atoms with Crippen LogP contribution < -0.4 is 81.9 Å². The molecule has 0 saturated heterocycles. The van der Waals surface area contributed by atoms with Crippen molar-refractivity contribution in [1.82, 2.24) is 9.13 Å². The minimum atomic E-state index is -0.155. The summed E-state index contributed by atoms with van der Waals surface area (Å²) in [6.07, 6.45) is 0. The van der Waals surface area contributed by atoms with Crippen molar-refractivity contribution in [3.05, 3.63) is 135 Å². The van der Waals surface area contributed by atoms with Crippen molar-refractivity contribution in [1.29, 1.82) is 0 Å². The minimum Gasteiger partial charge on any atom is -0.311 e. The van der Waals surface area contributed by atoms with E-state index in [-0.39, 0.29) is 44.4 Å². The molecule has 0 spiro atoms. The molecule has 0 N–H and O–H groups in total. The highest BCUT2D eigenvalue weighted by Gasteiger charge is 2.52. The highest BCUT2D eigenvalue weighted by atomic mass is 16.1. The molecule has 6 aliphatic rings. The zero-order valence-electron chi connectivity index (χ0n) is 31.9. The first kappa shape index (κ1) is 30.0. The summed E-state index contributed by atoms with van der Waals surface area (Å²) in [6.45, 7) is 9.12. The fraction of sp³-hybridized carbons (Fsp3) is 0.0833. The molecule has 0 atom stereocenters. The van der Waals surface area contributed by atoms with E-state index >= 15 is 0 Å². The van der Waals surface area contributed by atoms with E-state index in [9.17, 15) is 9.59 Å². The molecular weight excluding hydrogens is 691 g/mol. The fourth-order valence-electron chi connectivity index (χ4n) is 13.4. The van der Waals surface area contributed by atoms with Crippen molar-refractivity contribution < 1.29 is 0 Å². The zero-order chi connectivity index (χ0) is 37.7. The van der Waals surface area contributed by atoms with Gasteiger partial charge >= 0.3 is 0 Å². The molecule has 9 heteroatoms. The first-order valence-electron chi connectivity index (χ1n) is 20.5. The van der Waals surface area contributed by atoms with Gasteiger partial charge in [-0.25, -0.2) is 0 Å². The van der Waals surface area contributed by atoms with Gasteiger partial charge < -0.3 is 9.13 Å². The highest BCUT2D eigenvalue weighted by Crippen LogP contribution is 2.35. The smallest absolute Gasteiger partial charge is 0.252 e. The SMILES string of the molecule is CB1c2ccccc2B2c3cc4c5c6c3-n3c7c(cc(C)cc7c(=O)c7ccc1c2c73)B6c1cc(C)cc2c(=O)c3ccc6c(c3n-5c12)B4c1ccccc1B6C. The summed E-state index contributed by atoms with van der Waals surface area (Å²) in [6, 6.07) is 38.4. The van der Waals surface area contributed by atoms with Crippen molar-refractivity contribution in [3.63, 3.8) is 0 Å². The van der Waals surface area contributed by atoms with Gasteiger partial charge in [-0.15, -0.1) is 0 Å². The molecule has 0 radical (unpaired) electrons. The monoisotopic (exact) mass is 720 g/mol. The van der Waals surface area contributed by atoms with Crippen LogP contribution in [0.4, 0.5) is 0 Å². The molecule has 0 aliphatic carbocycles. The van der Waals surface area contributed by atoms with Crippen LogP contribution in [0.25, 0.3) is 55.0 Å². The molecule has 0 fully saturated rings. The second kappa shape index (κ2) is 9.32. The third-order valence-corrected chi connectivity index (χ3v) is 15.3. The van der Waals surface area contributed by atoms with Crippen molar-refractivity contribution in [3.8, 4) is 11.4 Å². The van der Waals surface area contributed by atoms with Crippen LogP contribution in [0.5, 0.6) is 0 Å². The average molecular weight is 720 g/mol. The summed E-state index contributed by atoms with van der Waals surface area (Å²) < 4.78 is 5.08. The molecule has 0 unspecified atom stereocenters. The first-order chi connectivity index (χ1) is 27.8. The summed E-state index contributed by atoms with van der Waals surface area (Å²) >= 11 is 0. The van der Waals surface area contributed by atoms with Gasteiger partial charge in [0.2, 0.25) is 26.9 Å². The number of pyridine rings is 2. The molecule has 7 aromatic carbocycles. The zero-order valence-corrected chi connectivity index (χ0v) is 31.9. The van der Waals surface area contributed by atoms with E-state index in [1.807, 2.05) is 0 Å². The first-order valence-corrected chi connectivity index (χ1v) is 20.5. The Morgan fingerprint density at radius 1 is 0.386 bits per heavy atom. The number of hydrogen-bond donors (Lipinski definition) is 0. The Hall–Kier alpha value is -6.20. The Labute approximate surface area is 329 Å². The molecule has 4 nitrogen and oxygen atoms in total. The van der Waals surface area contributed by atoms with Gasteiger partial charge in [0.15, 0.2) is 10.9 Å². The largest absolute Gasteiger partial charge is 0.311 e. The molecule has 0 bridgehead atoms. The van der Waals surface area contributed by atoms with Gasteiger partial charge in [0.05, 0.1) is 22.1 Å². The van der Waals surface area contributed by atoms with Crippen LogP contribution in [0.3, 0.4) is 0 Å². The quantitative estimate of drug-likeness (QED) is 0.151. The number of rotatable bonds is 0. The third kappa shape index (κ3) is 3.03. The molecule has 9 aromatic rings. The molecular formula is C48H29B5N2O2. The molecule has 0 amide bonds. The van der Waals surface area contributed by atoms with E-state index in [0.29, 0.717) is 0 Å². The standard InChI is InChI=1S/C48H29B5N2O2/c1-22-17-26-41-34(19-22)53-35-20-23(2)18-27-42(35)55-44-25(48(27)57)14-16-33-39(44)52(31-12-8-6-10-29(31)50(33)4)37-21-36-45(40(53)46(37)55)54(41)43-24(47(26)56)13-15-32-38(43)51(36)30-11-7-5-9-28(30)49(32)3/h5-21H,1-4H3. The molecule has 258 valence electrons. The maximum absolute atomic E-state index is 15.0. The number of aryl methyl sites for hydroxylation is 2. The van der Waals surface area contributed by atoms with Gasteiger partial charge in [-0.3, -0.25) is 9.59 Å². The molecule has 2 aromatic heterocycles. The van der Waals surface area contributed by atoms with Crippen LogP contribution >= 0.6 is 0 Å². The lowest BCUT2D eigenvalue weighted by molar-refractivity contribution is 1.14. The van der Waals surface area contributed by atoms with E-state index in [1.54, 1.807) is 0 Å². The van der Waals surface area contributed by atoms with E-state index in [2.05, 4.69) is 140 Å². The maximum atomic E-state index is 15.0. The van der Waals surface area contributed by atoms with Crippen LogP contribution in [-0.4, -0.2) is 42.7 Å². The van der Waals surface area contributed by atoms with Gasteiger partial charge in [0, 0.05) is 32.9 Å². The Balaban J connectivity index is 1.27. The molecule has 8 heterocycles. The van der Waals surface area contributed by atoms with Gasteiger partial charge in [0.1, 0.15) is 0 Å². The van der Waals surface area contributed by atoms with Crippen LogP contribution in [-0.2, 0) is 0 Å². The molecule has 57 heavy (non-hydrogen) atoms. The Kier molecular flexibility index (Phi) is 4.91. The predicted molar refractivity (Wildman–Crippen MR) is 246 cm³/mol. The lowest BCUT2D eigenvalue weighted by Gasteiger charge is -2.46. The predicted octanol–water partition coefficient (Wildman–Crippen LogP) is -0.875. The molecule has 15 rings (SSSR count). The summed E-state index contributed by atoms with van der Waals surface area (Å²) in [5, 5.41) is 3.16. The average Bonchev–Trinajstić information content (AvgIpc) is 3.22. The van der Waals surface area contributed by atoms with Gasteiger partial charge in [-0.2, -0.15) is 0 Å². The fourth-order valence-corrected chi connectivity index (χ4v) is 13.4. The van der Waals surface area contributed by atoms with Crippen molar-refractivity contribution in [2.45, 2.75) is 27.5 Å². The van der Waals surface area contributed by atoms with Crippen LogP contribution in [0.15, 0.2) is 113 Å². The summed E-state index contributed by atoms with van der Waals surface area (Å²) in [7, 11) is 0. The van der Waals surface area contributed by atoms with Gasteiger partial charge in [0.25, 0.3) is 6.71 Å². The number of benzene rings is 7. The number of aromatic nitrogens is 2. The minimum absolute atomic E-state index is 0.0282. The number of hydrogen-bond acceptors (Lipinski definition) is 2. The van der Waals surface area contributed by atoms with Crippen LogP contribution in [0.2, 0.25) is 13.6 Å². The number of fused-ring (bicyclic) bond motifs is 8. The van der Waals surface area contributed by atoms with E-state index < -0.39 is 0 Å². The lowest BCUT2D eigenvalue weighted by atomic mass is 9.19. The van der Waals surface area contributed by atoms with Crippen molar-refractivity contribution >= 4 is 148 Å². The van der Waals surface area contributed by atoms with Gasteiger partial charge in [-0.05, 0) is 76.4 Å². The molecule has 6 aliphatic heterocycles. The summed E-state index contributed by atoms with van der Waals surface area (Å²) in [4.78, 5) is 30.0. The lowest BCUT2D eigenvalue weighted by Crippen LogP contribution is -2.78. The maximum Gasteiger partial charge on any atom is 0.252 e. The van der Waals surface area contributed by atoms with Crippen LogP contribution in [0, 0.1) is 13.8 Å². The second-order valence-corrected chi connectivity index (χ2v) is 17.9. The summed E-state index contributed by atoms with van der Waals surface area (Å²) in [5.74, 6) is 0. The van der Waals surface area contributed by atoms with E-state index in [1.165, 1.54) is 82.4 Å². The third-order valence-electron chi connectivity index (χ3n) is 15.3. The summed E-state index contributed by atoms with van der Waals surface area (Å²) in [5.41, 5.74) is 26.0. The second-order valence-electron chi connectivity index (χ2n) is 17.9. The highest BCUT2D eigenvalue weighted by molar-refractivity contribution is 7.12. The normalized spacial score (nSPS) is 15.0. The Morgan fingerprint density at radius 3 is 1.26 bits per heavy atom. The molecule has 0 saturated carbocycles. The van der Waals surface area contributed by atoms with E-state index in [0.717, 1.165) is 54.7 Å². The topological polar surface area (TPSA) is 44.0 Å². The van der Waals surface area contributed by atoms with Gasteiger partial charge in [-0.1, -0.05) is 136 Å². The van der Waals surface area contributed by atoms with E-state index in [4.69, 9.17) is 0 Å². The van der Waals surface area contributed by atoms with Crippen LogP contribution in [0.1, 0.15) is 11.1 Å². The van der Waals surface area contributed by atoms with Crippen molar-refractivity contribution in [2.24, 2.45) is 0 Å². The Bertz CT molecular complexity index is 3500. The Morgan fingerprint density at radius 2 is 0.807 bits per heavy atom. The van der Waals surface area contributed by atoms with Crippen molar-refractivity contribution in [2.75, 3.05) is 0 Å². The number of nitrogens with zero attached hydrogens (tertiary/aromatic N) is 2.